The number of thiophene rings is 1. The summed E-state index contributed by atoms with van der Waals surface area (Å²) in [7, 11) is 0. The molecule has 3 rings (SSSR count). The molecule has 0 saturated heterocycles. The Balaban J connectivity index is 1.62. The van der Waals surface area contributed by atoms with Crippen LogP contribution in [0.3, 0.4) is 0 Å². The number of allylic oxidation sites excluding steroid dienone is 1. The van der Waals surface area contributed by atoms with Crippen molar-refractivity contribution in [2.75, 3.05) is 6.54 Å². The second-order valence-electron chi connectivity index (χ2n) is 7.97. The van der Waals surface area contributed by atoms with E-state index in [0.717, 1.165) is 24.5 Å². The minimum atomic E-state index is -0.574. The van der Waals surface area contributed by atoms with Gasteiger partial charge >= 0.3 is 0 Å². The van der Waals surface area contributed by atoms with Gasteiger partial charge in [0.15, 0.2) is 0 Å². The second-order valence-corrected chi connectivity index (χ2v) is 8.89. The molecule has 0 unspecified atom stereocenters. The van der Waals surface area contributed by atoms with Crippen molar-refractivity contribution in [3.8, 4) is 0 Å². The zero-order valence-electron chi connectivity index (χ0n) is 16.4. The lowest BCUT2D eigenvalue weighted by Crippen LogP contribution is -2.46. The number of halogens is 2. The number of aliphatic hydroxyl groups excluding tert-OH is 1. The van der Waals surface area contributed by atoms with Crippen molar-refractivity contribution in [1.29, 1.82) is 0 Å². The summed E-state index contributed by atoms with van der Waals surface area (Å²) in [4.78, 5) is 1.31. The third kappa shape index (κ3) is 5.28. The van der Waals surface area contributed by atoms with E-state index < -0.39 is 17.7 Å². The van der Waals surface area contributed by atoms with Crippen LogP contribution in [0.25, 0.3) is 5.57 Å². The van der Waals surface area contributed by atoms with Crippen molar-refractivity contribution in [3.05, 3.63) is 63.9 Å². The Bertz CT molecular complexity index is 790. The summed E-state index contributed by atoms with van der Waals surface area (Å²) in [6.45, 7) is 6.53. The van der Waals surface area contributed by atoms with E-state index in [0.29, 0.717) is 24.9 Å². The number of aryl methyl sites for hydroxylation is 1. The molecule has 5 heteroatoms. The molecule has 0 spiro atoms. The van der Waals surface area contributed by atoms with E-state index in [9.17, 15) is 13.9 Å². The predicted molar refractivity (Wildman–Crippen MR) is 112 cm³/mol. The Kier molecular flexibility index (Phi) is 7.02. The summed E-state index contributed by atoms with van der Waals surface area (Å²) in [5.41, 5.74) is 2.73. The number of aliphatic hydroxyl groups is 1. The van der Waals surface area contributed by atoms with E-state index in [2.05, 4.69) is 23.3 Å². The molecule has 28 heavy (non-hydrogen) atoms. The Hall–Kier alpha value is -1.56. The molecule has 1 saturated carbocycles. The summed E-state index contributed by atoms with van der Waals surface area (Å²) < 4.78 is 26.6. The van der Waals surface area contributed by atoms with Crippen molar-refractivity contribution in [1.82, 2.24) is 5.32 Å². The molecule has 0 bridgehead atoms. The molecule has 1 aromatic carbocycles. The normalized spacial score (nSPS) is 17.4. The zero-order valence-corrected chi connectivity index (χ0v) is 17.3. The molecule has 0 radical (unpaired) electrons. The Labute approximate surface area is 170 Å². The van der Waals surface area contributed by atoms with Crippen LogP contribution in [0.1, 0.15) is 61.5 Å². The van der Waals surface area contributed by atoms with Gasteiger partial charge in [0.05, 0.1) is 11.6 Å². The van der Waals surface area contributed by atoms with E-state index in [4.69, 9.17) is 0 Å². The molecule has 0 aliphatic heterocycles. The average molecular weight is 406 g/mol. The molecule has 1 heterocycles. The van der Waals surface area contributed by atoms with Crippen LogP contribution in [0.15, 0.2) is 36.2 Å². The molecule has 152 valence electrons. The first-order valence-electron chi connectivity index (χ1n) is 10.0. The standard InChI is InChI=1S/C23H29F2NOS/c1-16(2)18-12-22(28-15-18)23(8-4-3-5-9-23)26-14-21(27)7-6-17-10-19(24)13-20(25)11-17/h10-13,15,21,26-27H,1,3-9,14H2,2H3/t21-/m0/s1. The third-order valence-corrected chi connectivity index (χ3v) is 6.77. The van der Waals surface area contributed by atoms with Gasteiger partial charge in [-0.05, 0) is 67.3 Å². The largest absolute Gasteiger partial charge is 0.392 e. The fraction of sp³-hybridized carbons (Fsp3) is 0.478. The van der Waals surface area contributed by atoms with Crippen LogP contribution in [0.4, 0.5) is 8.78 Å². The van der Waals surface area contributed by atoms with Crippen LogP contribution >= 0.6 is 11.3 Å². The number of rotatable bonds is 8. The quantitative estimate of drug-likeness (QED) is 0.581. The molecule has 1 atom stereocenters. The Morgan fingerprint density at radius 2 is 1.86 bits per heavy atom. The van der Waals surface area contributed by atoms with Gasteiger partial charge in [-0.15, -0.1) is 11.3 Å². The van der Waals surface area contributed by atoms with Crippen molar-refractivity contribution < 1.29 is 13.9 Å². The molecule has 2 nitrogen and oxygen atoms in total. The van der Waals surface area contributed by atoms with Gasteiger partial charge in [-0.25, -0.2) is 8.78 Å². The summed E-state index contributed by atoms with van der Waals surface area (Å²) >= 11 is 1.76. The van der Waals surface area contributed by atoms with Crippen LogP contribution in [-0.2, 0) is 12.0 Å². The van der Waals surface area contributed by atoms with Gasteiger partial charge in [-0.3, -0.25) is 0 Å². The zero-order chi connectivity index (χ0) is 20.1. The molecule has 1 aliphatic carbocycles. The molecule has 1 fully saturated rings. The van der Waals surface area contributed by atoms with Crippen LogP contribution in [0.5, 0.6) is 0 Å². The maximum atomic E-state index is 13.3. The first kappa shape index (κ1) is 21.2. The van der Waals surface area contributed by atoms with E-state index in [1.165, 1.54) is 41.8 Å². The van der Waals surface area contributed by atoms with Gasteiger partial charge in [0.1, 0.15) is 11.6 Å². The Morgan fingerprint density at radius 3 is 2.46 bits per heavy atom. The van der Waals surface area contributed by atoms with Crippen molar-refractivity contribution >= 4 is 16.9 Å². The fourth-order valence-corrected chi connectivity index (χ4v) is 5.20. The molecule has 1 aliphatic rings. The molecule has 1 aromatic heterocycles. The lowest BCUT2D eigenvalue weighted by Gasteiger charge is -2.38. The number of hydrogen-bond donors (Lipinski definition) is 2. The van der Waals surface area contributed by atoms with Gasteiger partial charge in [0, 0.05) is 17.5 Å². The fourth-order valence-electron chi connectivity index (χ4n) is 3.98. The monoisotopic (exact) mass is 405 g/mol. The smallest absolute Gasteiger partial charge is 0.126 e. The number of benzene rings is 1. The van der Waals surface area contributed by atoms with Crippen LogP contribution in [0, 0.1) is 11.6 Å². The van der Waals surface area contributed by atoms with Gasteiger partial charge in [0.2, 0.25) is 0 Å². The number of hydrogen-bond acceptors (Lipinski definition) is 3. The maximum Gasteiger partial charge on any atom is 0.126 e. The SMILES string of the molecule is C=C(C)c1csc(C2(NC[C@@H](O)CCc3cc(F)cc(F)c3)CCCCC2)c1. The van der Waals surface area contributed by atoms with Gasteiger partial charge < -0.3 is 10.4 Å². The lowest BCUT2D eigenvalue weighted by atomic mass is 9.80. The average Bonchev–Trinajstić information content (AvgIpc) is 3.16. The molecular formula is C23H29F2NOS. The molecule has 2 N–H and O–H groups in total. The highest BCUT2D eigenvalue weighted by atomic mass is 32.1. The Morgan fingerprint density at radius 1 is 1.18 bits per heavy atom. The first-order valence-corrected chi connectivity index (χ1v) is 10.9. The molecule has 0 amide bonds. The van der Waals surface area contributed by atoms with Gasteiger partial charge in [-0.1, -0.05) is 31.4 Å². The highest BCUT2D eigenvalue weighted by Crippen LogP contribution is 2.40. The molecule has 2 aromatic rings. The van der Waals surface area contributed by atoms with E-state index in [-0.39, 0.29) is 5.54 Å². The van der Waals surface area contributed by atoms with Gasteiger partial charge in [0.25, 0.3) is 0 Å². The van der Waals surface area contributed by atoms with Crippen LogP contribution < -0.4 is 5.32 Å². The van der Waals surface area contributed by atoms with Crippen LogP contribution in [-0.4, -0.2) is 17.8 Å². The van der Waals surface area contributed by atoms with Gasteiger partial charge in [-0.2, -0.15) is 0 Å². The highest BCUT2D eigenvalue weighted by molar-refractivity contribution is 7.10. The maximum absolute atomic E-state index is 13.3. The minimum Gasteiger partial charge on any atom is -0.392 e. The summed E-state index contributed by atoms with van der Waals surface area (Å²) in [6, 6.07) is 5.76. The summed E-state index contributed by atoms with van der Waals surface area (Å²) in [5.74, 6) is -1.15. The van der Waals surface area contributed by atoms with Crippen molar-refractivity contribution in [2.24, 2.45) is 0 Å². The van der Waals surface area contributed by atoms with E-state index in [1.54, 1.807) is 11.3 Å². The second kappa shape index (κ2) is 9.29. The lowest BCUT2D eigenvalue weighted by molar-refractivity contribution is 0.133. The van der Waals surface area contributed by atoms with Crippen molar-refractivity contribution in [3.63, 3.8) is 0 Å². The van der Waals surface area contributed by atoms with E-state index >= 15 is 0 Å². The topological polar surface area (TPSA) is 32.3 Å². The van der Waals surface area contributed by atoms with Crippen molar-refractivity contribution in [2.45, 2.75) is 63.5 Å². The number of nitrogens with one attached hydrogen (secondary N) is 1. The molecular weight excluding hydrogens is 376 g/mol. The first-order chi connectivity index (χ1) is 13.4. The summed E-state index contributed by atoms with van der Waals surface area (Å²) in [5, 5.41) is 16.3. The predicted octanol–water partition coefficient (Wildman–Crippen LogP) is 5.80. The summed E-state index contributed by atoms with van der Waals surface area (Å²) in [6.07, 6.45) is 6.06. The van der Waals surface area contributed by atoms with E-state index in [1.807, 2.05) is 6.92 Å². The highest BCUT2D eigenvalue weighted by Gasteiger charge is 2.35. The minimum absolute atomic E-state index is 0.0947. The third-order valence-electron chi connectivity index (χ3n) is 5.64. The van der Waals surface area contributed by atoms with Crippen LogP contribution in [0.2, 0.25) is 0 Å².